The Morgan fingerprint density at radius 1 is 1.06 bits per heavy atom. The standard InChI is InChI=1S/C22H19ClFN3O3S/c1-16-8-5-6-13-21(16)27(31(29,30)17-9-3-2-4-10-17)15-22(28)26-25-14-18-19(23)11-7-12-20(18)24/h2-14H,15H2,1H3,(H,26,28)/b25-14-. The third-order valence-corrected chi connectivity index (χ3v) is 6.49. The lowest BCUT2D eigenvalue weighted by Gasteiger charge is -2.25. The highest BCUT2D eigenvalue weighted by molar-refractivity contribution is 7.92. The van der Waals surface area contributed by atoms with Gasteiger partial charge in [-0.15, -0.1) is 0 Å². The summed E-state index contributed by atoms with van der Waals surface area (Å²) in [4.78, 5) is 12.6. The molecule has 0 aliphatic carbocycles. The van der Waals surface area contributed by atoms with Gasteiger partial charge in [-0.3, -0.25) is 9.10 Å². The van der Waals surface area contributed by atoms with E-state index in [4.69, 9.17) is 11.6 Å². The molecule has 0 atom stereocenters. The Morgan fingerprint density at radius 2 is 1.74 bits per heavy atom. The number of amides is 1. The van der Waals surface area contributed by atoms with Crippen LogP contribution >= 0.6 is 11.6 Å². The fourth-order valence-corrected chi connectivity index (χ4v) is 4.55. The molecule has 0 fully saturated rings. The zero-order valence-corrected chi connectivity index (χ0v) is 18.1. The van der Waals surface area contributed by atoms with Crippen LogP contribution in [0.15, 0.2) is 82.8 Å². The SMILES string of the molecule is Cc1ccccc1N(CC(=O)N/N=C\c1c(F)cccc1Cl)S(=O)(=O)c1ccccc1. The molecule has 0 saturated heterocycles. The Hall–Kier alpha value is -3.23. The molecule has 31 heavy (non-hydrogen) atoms. The first-order valence-corrected chi connectivity index (χ1v) is 11.0. The number of carbonyl (C=O) groups is 1. The predicted octanol–water partition coefficient (Wildman–Crippen LogP) is 4.13. The number of nitrogens with one attached hydrogen (secondary N) is 1. The Morgan fingerprint density at radius 3 is 2.42 bits per heavy atom. The second-order valence-electron chi connectivity index (χ2n) is 6.54. The zero-order chi connectivity index (χ0) is 22.4. The van der Waals surface area contributed by atoms with Crippen LogP contribution in [0.4, 0.5) is 10.1 Å². The predicted molar refractivity (Wildman–Crippen MR) is 119 cm³/mol. The summed E-state index contributed by atoms with van der Waals surface area (Å²) in [6.07, 6.45) is 1.07. The highest BCUT2D eigenvalue weighted by Gasteiger charge is 2.28. The number of rotatable bonds is 7. The fraction of sp³-hybridized carbons (Fsp3) is 0.0909. The van der Waals surface area contributed by atoms with Crippen molar-refractivity contribution in [3.05, 3.63) is 94.8 Å². The topological polar surface area (TPSA) is 78.8 Å². The van der Waals surface area contributed by atoms with Crippen molar-refractivity contribution in [2.45, 2.75) is 11.8 Å². The van der Waals surface area contributed by atoms with E-state index in [1.54, 1.807) is 49.4 Å². The number of nitrogens with zero attached hydrogens (tertiary/aromatic N) is 2. The normalized spacial score (nSPS) is 11.5. The maximum atomic E-state index is 13.8. The summed E-state index contributed by atoms with van der Waals surface area (Å²) in [5.41, 5.74) is 3.28. The molecule has 0 bridgehead atoms. The first-order chi connectivity index (χ1) is 14.8. The van der Waals surface area contributed by atoms with Crippen molar-refractivity contribution in [2.75, 3.05) is 10.8 Å². The Labute approximate surface area is 185 Å². The van der Waals surface area contributed by atoms with E-state index in [0.717, 1.165) is 10.5 Å². The molecule has 160 valence electrons. The molecule has 0 spiro atoms. The number of hydrogen-bond donors (Lipinski definition) is 1. The molecule has 0 heterocycles. The molecule has 0 unspecified atom stereocenters. The van der Waals surface area contributed by atoms with E-state index < -0.39 is 28.3 Å². The van der Waals surface area contributed by atoms with Gasteiger partial charge in [0.05, 0.1) is 21.8 Å². The largest absolute Gasteiger partial charge is 0.271 e. The smallest absolute Gasteiger partial charge is 0.264 e. The molecule has 6 nitrogen and oxygen atoms in total. The molecule has 1 amide bonds. The van der Waals surface area contributed by atoms with Crippen molar-refractivity contribution in [3.63, 3.8) is 0 Å². The van der Waals surface area contributed by atoms with Gasteiger partial charge in [-0.2, -0.15) is 5.10 Å². The average Bonchev–Trinajstić information content (AvgIpc) is 2.75. The van der Waals surface area contributed by atoms with Crippen LogP contribution in [0.2, 0.25) is 5.02 Å². The zero-order valence-electron chi connectivity index (χ0n) is 16.5. The van der Waals surface area contributed by atoms with E-state index in [0.29, 0.717) is 11.3 Å². The maximum Gasteiger partial charge on any atom is 0.264 e. The monoisotopic (exact) mass is 459 g/mol. The minimum Gasteiger partial charge on any atom is -0.271 e. The second-order valence-corrected chi connectivity index (χ2v) is 8.81. The van der Waals surface area contributed by atoms with Gasteiger partial charge in [0.25, 0.3) is 15.9 Å². The molecular weight excluding hydrogens is 441 g/mol. The molecule has 3 rings (SSSR count). The number of benzene rings is 3. The number of halogens is 2. The Balaban J connectivity index is 1.86. The number of anilines is 1. The molecule has 0 radical (unpaired) electrons. The average molecular weight is 460 g/mol. The van der Waals surface area contributed by atoms with Gasteiger partial charge in [0.2, 0.25) is 0 Å². The van der Waals surface area contributed by atoms with Crippen LogP contribution < -0.4 is 9.73 Å². The highest BCUT2D eigenvalue weighted by atomic mass is 35.5. The number of hydrazone groups is 1. The number of hydrogen-bond acceptors (Lipinski definition) is 4. The summed E-state index contributed by atoms with van der Waals surface area (Å²) in [7, 11) is -4.02. The van der Waals surface area contributed by atoms with Gasteiger partial charge < -0.3 is 0 Å². The second kappa shape index (κ2) is 9.72. The number of sulfonamides is 1. The molecular formula is C22H19ClFN3O3S. The summed E-state index contributed by atoms with van der Waals surface area (Å²) >= 11 is 5.92. The lowest BCUT2D eigenvalue weighted by Crippen LogP contribution is -2.40. The highest BCUT2D eigenvalue weighted by Crippen LogP contribution is 2.26. The first-order valence-electron chi connectivity index (χ1n) is 9.20. The van der Waals surface area contributed by atoms with Crippen LogP contribution in [0.5, 0.6) is 0 Å². The quantitative estimate of drug-likeness (QED) is 0.426. The molecule has 3 aromatic rings. The Bertz CT molecular complexity index is 1200. The molecule has 0 aromatic heterocycles. The van der Waals surface area contributed by atoms with Crippen molar-refractivity contribution in [1.82, 2.24) is 5.43 Å². The van der Waals surface area contributed by atoms with E-state index in [2.05, 4.69) is 10.5 Å². The van der Waals surface area contributed by atoms with Crippen molar-refractivity contribution in [3.8, 4) is 0 Å². The minimum atomic E-state index is -4.02. The minimum absolute atomic E-state index is 0.0112. The van der Waals surface area contributed by atoms with Crippen LogP contribution in [0, 0.1) is 12.7 Å². The molecule has 1 N–H and O–H groups in total. The van der Waals surface area contributed by atoms with Crippen LogP contribution in [0.25, 0.3) is 0 Å². The van der Waals surface area contributed by atoms with Crippen LogP contribution in [0.1, 0.15) is 11.1 Å². The van der Waals surface area contributed by atoms with Gasteiger partial charge in [0.15, 0.2) is 0 Å². The summed E-state index contributed by atoms with van der Waals surface area (Å²) in [5, 5.41) is 3.85. The van der Waals surface area contributed by atoms with Gasteiger partial charge in [0.1, 0.15) is 12.4 Å². The third kappa shape index (κ3) is 5.28. The van der Waals surface area contributed by atoms with Gasteiger partial charge in [-0.05, 0) is 42.8 Å². The summed E-state index contributed by atoms with van der Waals surface area (Å²) in [6.45, 7) is 1.23. The van der Waals surface area contributed by atoms with Crippen molar-refractivity contribution >= 4 is 39.4 Å². The number of aryl methyl sites for hydroxylation is 1. The van der Waals surface area contributed by atoms with Gasteiger partial charge in [-0.1, -0.05) is 54.1 Å². The summed E-state index contributed by atoms with van der Waals surface area (Å²) < 4.78 is 41.3. The summed E-state index contributed by atoms with van der Waals surface area (Å²) in [6, 6.07) is 18.8. The van der Waals surface area contributed by atoms with Gasteiger partial charge in [-0.25, -0.2) is 18.2 Å². The van der Waals surface area contributed by atoms with Crippen LogP contribution in [0.3, 0.4) is 0 Å². The van der Waals surface area contributed by atoms with E-state index in [1.165, 1.54) is 30.3 Å². The molecule has 0 saturated carbocycles. The van der Waals surface area contributed by atoms with E-state index in [1.807, 2.05) is 0 Å². The number of carbonyl (C=O) groups excluding carboxylic acids is 1. The van der Waals surface area contributed by atoms with Crippen LogP contribution in [-0.4, -0.2) is 27.1 Å². The molecule has 0 aliphatic heterocycles. The number of para-hydroxylation sites is 1. The van der Waals surface area contributed by atoms with Gasteiger partial charge >= 0.3 is 0 Å². The summed E-state index contributed by atoms with van der Waals surface area (Å²) in [5.74, 6) is -1.30. The third-order valence-electron chi connectivity index (χ3n) is 4.39. The molecule has 3 aromatic carbocycles. The van der Waals surface area contributed by atoms with Crippen molar-refractivity contribution < 1.29 is 17.6 Å². The van der Waals surface area contributed by atoms with E-state index >= 15 is 0 Å². The molecule has 9 heteroatoms. The Kier molecular flexibility index (Phi) is 7.04. The maximum absolute atomic E-state index is 13.8. The van der Waals surface area contributed by atoms with Gasteiger partial charge in [0, 0.05) is 5.56 Å². The van der Waals surface area contributed by atoms with Crippen LogP contribution in [-0.2, 0) is 14.8 Å². The first kappa shape index (κ1) is 22.5. The van der Waals surface area contributed by atoms with Crippen molar-refractivity contribution in [2.24, 2.45) is 5.10 Å². The van der Waals surface area contributed by atoms with E-state index in [9.17, 15) is 17.6 Å². The van der Waals surface area contributed by atoms with E-state index in [-0.39, 0.29) is 15.5 Å². The van der Waals surface area contributed by atoms with Crippen molar-refractivity contribution in [1.29, 1.82) is 0 Å². The fourth-order valence-electron chi connectivity index (χ4n) is 2.83. The lowest BCUT2D eigenvalue weighted by atomic mass is 10.2. The lowest BCUT2D eigenvalue weighted by molar-refractivity contribution is -0.119. The molecule has 0 aliphatic rings.